The molecule has 2 saturated heterocycles. The molecule has 208 valence electrons. The van der Waals surface area contributed by atoms with Gasteiger partial charge in [-0.1, -0.05) is 55.8 Å². The average molecular weight is 542 g/mol. The van der Waals surface area contributed by atoms with Crippen molar-refractivity contribution in [3.63, 3.8) is 0 Å². The van der Waals surface area contributed by atoms with E-state index in [9.17, 15) is 14.7 Å². The van der Waals surface area contributed by atoms with Crippen molar-refractivity contribution in [1.82, 2.24) is 4.90 Å². The van der Waals surface area contributed by atoms with Gasteiger partial charge in [-0.2, -0.15) is 0 Å². The summed E-state index contributed by atoms with van der Waals surface area (Å²) in [5.41, 5.74) is 2.29. The summed E-state index contributed by atoms with van der Waals surface area (Å²) < 4.78 is 17.5. The fraction of sp³-hybridized carbons (Fsp3) is 0.333. The normalized spacial score (nSPS) is 20.2. The zero-order valence-corrected chi connectivity index (χ0v) is 22.8. The molecule has 2 fully saturated rings. The van der Waals surface area contributed by atoms with Crippen molar-refractivity contribution in [2.45, 2.75) is 51.4 Å². The maximum Gasteiger partial charge on any atom is 0.295 e. The monoisotopic (exact) mass is 541 g/mol. The van der Waals surface area contributed by atoms with Crippen molar-refractivity contribution in [2.75, 3.05) is 19.8 Å². The van der Waals surface area contributed by atoms with Crippen LogP contribution in [0.5, 0.6) is 11.5 Å². The lowest BCUT2D eigenvalue weighted by molar-refractivity contribution is -0.140. The first-order valence-corrected chi connectivity index (χ1v) is 13.9. The number of nitrogens with zero attached hydrogens (tertiary/aromatic N) is 1. The molecule has 1 amide bonds. The summed E-state index contributed by atoms with van der Waals surface area (Å²) in [6, 6.07) is 23.4. The molecule has 0 spiro atoms. The number of rotatable bonds is 11. The molecule has 7 nitrogen and oxygen atoms in total. The van der Waals surface area contributed by atoms with E-state index in [-0.39, 0.29) is 24.0 Å². The predicted molar refractivity (Wildman–Crippen MR) is 152 cm³/mol. The van der Waals surface area contributed by atoms with Crippen molar-refractivity contribution in [3.8, 4) is 11.5 Å². The Labute approximate surface area is 235 Å². The molecule has 0 aromatic heterocycles. The van der Waals surface area contributed by atoms with E-state index in [1.807, 2.05) is 54.6 Å². The number of carbonyl (C=O) groups excluding carboxylic acids is 2. The summed E-state index contributed by atoms with van der Waals surface area (Å²) in [6.45, 7) is 4.05. The maximum absolute atomic E-state index is 13.4. The minimum absolute atomic E-state index is 0.0700. The van der Waals surface area contributed by atoms with Crippen molar-refractivity contribution < 1.29 is 28.9 Å². The number of aliphatic hydroxyl groups excluding tert-OH is 1. The Morgan fingerprint density at radius 3 is 2.33 bits per heavy atom. The van der Waals surface area contributed by atoms with Gasteiger partial charge in [0.1, 0.15) is 23.9 Å². The summed E-state index contributed by atoms with van der Waals surface area (Å²) in [4.78, 5) is 28.2. The molecule has 1 N–H and O–H groups in total. The molecule has 2 aliphatic rings. The van der Waals surface area contributed by atoms with Gasteiger partial charge in [0.2, 0.25) is 0 Å². The van der Waals surface area contributed by atoms with E-state index >= 15 is 0 Å². The molecule has 3 aromatic rings. The van der Waals surface area contributed by atoms with E-state index in [4.69, 9.17) is 14.2 Å². The number of hydrogen-bond donors (Lipinski definition) is 1. The van der Waals surface area contributed by atoms with Gasteiger partial charge >= 0.3 is 0 Å². The zero-order chi connectivity index (χ0) is 27.9. The molecular weight excluding hydrogens is 506 g/mol. The van der Waals surface area contributed by atoms with Crippen molar-refractivity contribution >= 4 is 17.4 Å². The van der Waals surface area contributed by atoms with Crippen molar-refractivity contribution in [1.29, 1.82) is 0 Å². The van der Waals surface area contributed by atoms with Gasteiger partial charge < -0.3 is 24.2 Å². The third-order valence-corrected chi connectivity index (χ3v) is 7.30. The van der Waals surface area contributed by atoms with Gasteiger partial charge in [0.25, 0.3) is 11.7 Å². The van der Waals surface area contributed by atoms with Gasteiger partial charge in [-0.05, 0) is 66.8 Å². The van der Waals surface area contributed by atoms with Crippen LogP contribution in [0, 0.1) is 0 Å². The second-order valence-corrected chi connectivity index (χ2v) is 10.2. The summed E-state index contributed by atoms with van der Waals surface area (Å²) in [5, 5.41) is 11.4. The molecule has 2 aliphatic heterocycles. The summed E-state index contributed by atoms with van der Waals surface area (Å²) >= 11 is 0. The Kier molecular flexibility index (Phi) is 8.81. The molecule has 3 aromatic carbocycles. The van der Waals surface area contributed by atoms with Crippen LogP contribution in [-0.4, -0.2) is 47.6 Å². The first-order chi connectivity index (χ1) is 19.5. The third-order valence-electron chi connectivity index (χ3n) is 7.30. The molecule has 2 unspecified atom stereocenters. The topological polar surface area (TPSA) is 85.3 Å². The second-order valence-electron chi connectivity index (χ2n) is 10.2. The molecule has 7 heteroatoms. The number of likely N-dealkylation sites (tertiary alicyclic amines) is 1. The fourth-order valence-corrected chi connectivity index (χ4v) is 5.11. The van der Waals surface area contributed by atoms with E-state index in [2.05, 4.69) is 6.92 Å². The largest absolute Gasteiger partial charge is 0.507 e. The number of ether oxygens (including phenoxy) is 3. The lowest BCUT2D eigenvalue weighted by atomic mass is 9.95. The quantitative estimate of drug-likeness (QED) is 0.138. The molecule has 0 radical (unpaired) electrons. The number of benzene rings is 3. The van der Waals surface area contributed by atoms with Crippen LogP contribution >= 0.6 is 0 Å². The molecule has 0 bridgehead atoms. The van der Waals surface area contributed by atoms with Crippen molar-refractivity contribution in [2.24, 2.45) is 0 Å². The van der Waals surface area contributed by atoms with E-state index in [0.29, 0.717) is 42.4 Å². The zero-order valence-electron chi connectivity index (χ0n) is 22.8. The maximum atomic E-state index is 13.4. The predicted octanol–water partition coefficient (Wildman–Crippen LogP) is 6.05. The number of aliphatic hydroxyl groups is 1. The number of hydrogen-bond acceptors (Lipinski definition) is 6. The van der Waals surface area contributed by atoms with E-state index in [0.717, 1.165) is 31.2 Å². The Morgan fingerprint density at radius 1 is 0.950 bits per heavy atom. The van der Waals surface area contributed by atoms with Gasteiger partial charge in [0, 0.05) is 18.7 Å². The van der Waals surface area contributed by atoms with Crippen LogP contribution in [-0.2, 0) is 20.9 Å². The fourth-order valence-electron chi connectivity index (χ4n) is 5.11. The van der Waals surface area contributed by atoms with Crippen LogP contribution in [0.2, 0.25) is 0 Å². The number of carbonyl (C=O) groups is 2. The molecule has 5 rings (SSSR count). The highest BCUT2D eigenvalue weighted by Gasteiger charge is 2.47. The average Bonchev–Trinajstić information content (AvgIpc) is 3.59. The van der Waals surface area contributed by atoms with Gasteiger partial charge in [-0.3, -0.25) is 9.59 Å². The molecule has 0 saturated carbocycles. The first kappa shape index (κ1) is 27.5. The molecule has 0 aliphatic carbocycles. The molecule has 40 heavy (non-hydrogen) atoms. The second kappa shape index (κ2) is 12.8. The third kappa shape index (κ3) is 6.20. The summed E-state index contributed by atoms with van der Waals surface area (Å²) in [7, 11) is 0. The lowest BCUT2D eigenvalue weighted by Gasteiger charge is -2.27. The van der Waals surface area contributed by atoms with Crippen LogP contribution < -0.4 is 9.47 Å². The van der Waals surface area contributed by atoms with Crippen molar-refractivity contribution in [3.05, 3.63) is 101 Å². The SMILES string of the molecule is CCCCOc1ccc(/C(O)=C2/C(=O)C(=O)N(CC3CCCO3)C2c2ccc(OCc3ccccc3)cc2)cc1. The standard InChI is InChI=1S/C33H35NO6/c1-2-3-19-38-26-17-13-25(14-18-26)31(35)29-30(34(33(37)32(29)36)21-28-10-7-20-39-28)24-11-15-27(16-12-24)40-22-23-8-5-4-6-9-23/h4-6,8-9,11-18,28,30,35H,2-3,7,10,19-22H2,1H3/b31-29-. The number of unbranched alkanes of at least 4 members (excludes halogenated alkanes) is 1. The van der Waals surface area contributed by atoms with Crippen LogP contribution in [0.3, 0.4) is 0 Å². The van der Waals surface area contributed by atoms with Crippen LogP contribution in [0.15, 0.2) is 84.4 Å². The van der Waals surface area contributed by atoms with Crippen LogP contribution in [0.1, 0.15) is 55.3 Å². The Hall–Kier alpha value is -4.10. The first-order valence-electron chi connectivity index (χ1n) is 13.9. The molecular formula is C33H35NO6. The molecule has 2 heterocycles. The smallest absolute Gasteiger partial charge is 0.295 e. The van der Waals surface area contributed by atoms with Gasteiger partial charge in [0.15, 0.2) is 0 Å². The number of Topliss-reactive ketones (excluding diaryl/α,β-unsaturated/α-hetero) is 1. The van der Waals surface area contributed by atoms with E-state index in [1.54, 1.807) is 24.3 Å². The Morgan fingerprint density at radius 2 is 1.65 bits per heavy atom. The van der Waals surface area contributed by atoms with Gasteiger partial charge in [-0.15, -0.1) is 0 Å². The highest BCUT2D eigenvalue weighted by Crippen LogP contribution is 2.40. The summed E-state index contributed by atoms with van der Waals surface area (Å²) in [5.74, 6) is -0.185. The molecule has 2 atom stereocenters. The van der Waals surface area contributed by atoms with E-state index in [1.165, 1.54) is 4.90 Å². The van der Waals surface area contributed by atoms with Gasteiger partial charge in [0.05, 0.1) is 24.3 Å². The van der Waals surface area contributed by atoms with Crippen LogP contribution in [0.25, 0.3) is 5.76 Å². The number of ketones is 1. The van der Waals surface area contributed by atoms with Gasteiger partial charge in [-0.25, -0.2) is 0 Å². The minimum Gasteiger partial charge on any atom is -0.507 e. The minimum atomic E-state index is -0.743. The Balaban J connectivity index is 1.43. The van der Waals surface area contributed by atoms with E-state index < -0.39 is 17.7 Å². The lowest BCUT2D eigenvalue weighted by Crippen LogP contribution is -2.36. The highest BCUT2D eigenvalue weighted by molar-refractivity contribution is 6.46. The summed E-state index contributed by atoms with van der Waals surface area (Å²) in [6.07, 6.45) is 3.58. The Bertz CT molecular complexity index is 1330. The highest BCUT2D eigenvalue weighted by atomic mass is 16.5. The number of amides is 1. The van der Waals surface area contributed by atoms with Crippen LogP contribution in [0.4, 0.5) is 0 Å².